The second kappa shape index (κ2) is 4.29. The van der Waals surface area contributed by atoms with E-state index in [1.54, 1.807) is 11.3 Å². The van der Waals surface area contributed by atoms with Crippen molar-refractivity contribution in [3.63, 3.8) is 0 Å². The van der Waals surface area contributed by atoms with Gasteiger partial charge in [-0.3, -0.25) is 4.90 Å². The molecule has 2 nitrogen and oxygen atoms in total. The molecule has 0 aliphatic carbocycles. The second-order valence-corrected chi connectivity index (χ2v) is 5.20. The minimum absolute atomic E-state index is 0.567. The summed E-state index contributed by atoms with van der Waals surface area (Å²) in [6.07, 6.45) is 0. The Hall–Kier alpha value is -0.930. The molecule has 0 spiro atoms. The fourth-order valence-electron chi connectivity index (χ4n) is 1.38. The zero-order valence-corrected chi connectivity index (χ0v) is 10.2. The zero-order chi connectivity index (χ0) is 10.8. The molecule has 0 bridgehead atoms. The van der Waals surface area contributed by atoms with Crippen LogP contribution in [0.5, 0.6) is 0 Å². The Balaban J connectivity index is 2.22. The highest BCUT2D eigenvalue weighted by molar-refractivity contribution is 7.18. The van der Waals surface area contributed by atoms with Crippen LogP contribution in [0.1, 0.15) is 18.9 Å². The van der Waals surface area contributed by atoms with E-state index in [1.807, 2.05) is 6.07 Å². The summed E-state index contributed by atoms with van der Waals surface area (Å²) in [5.41, 5.74) is 1.12. The van der Waals surface area contributed by atoms with Gasteiger partial charge in [0.25, 0.3) is 0 Å². The molecule has 0 N–H and O–H groups in total. The van der Waals surface area contributed by atoms with Crippen LogP contribution in [0.3, 0.4) is 0 Å². The van der Waals surface area contributed by atoms with E-state index < -0.39 is 0 Å². The summed E-state index contributed by atoms with van der Waals surface area (Å²) in [5.74, 6) is 0. The Kier molecular flexibility index (Phi) is 3.03. The molecule has 2 rings (SSSR count). The Bertz CT molecular complexity index is 415. The first-order chi connectivity index (χ1) is 7.16. The summed E-state index contributed by atoms with van der Waals surface area (Å²) >= 11 is 1.79. The average molecular weight is 220 g/mol. The average Bonchev–Trinajstić information content (AvgIpc) is 2.59. The lowest BCUT2D eigenvalue weighted by Crippen LogP contribution is -2.25. The molecule has 0 aliphatic rings. The number of nitrogens with zero attached hydrogens (tertiary/aromatic N) is 2. The third kappa shape index (κ3) is 2.36. The molecule has 15 heavy (non-hydrogen) atoms. The number of hydrogen-bond acceptors (Lipinski definition) is 3. The van der Waals surface area contributed by atoms with E-state index in [4.69, 9.17) is 0 Å². The van der Waals surface area contributed by atoms with Crippen molar-refractivity contribution in [2.75, 3.05) is 7.05 Å². The lowest BCUT2D eigenvalue weighted by Gasteiger charge is -2.18. The van der Waals surface area contributed by atoms with Crippen LogP contribution in [0.25, 0.3) is 10.2 Å². The maximum absolute atomic E-state index is 4.61. The summed E-state index contributed by atoms with van der Waals surface area (Å²) in [6.45, 7) is 5.34. The minimum Gasteiger partial charge on any atom is -0.297 e. The smallest absolute Gasteiger partial charge is 0.108 e. The van der Waals surface area contributed by atoms with Crippen molar-refractivity contribution in [1.29, 1.82) is 0 Å². The van der Waals surface area contributed by atoms with E-state index in [-0.39, 0.29) is 0 Å². The van der Waals surface area contributed by atoms with Crippen LogP contribution in [-0.2, 0) is 6.54 Å². The molecule has 1 heterocycles. The maximum atomic E-state index is 4.61. The first-order valence-electron chi connectivity index (χ1n) is 5.21. The number of rotatable bonds is 3. The van der Waals surface area contributed by atoms with Crippen molar-refractivity contribution < 1.29 is 0 Å². The summed E-state index contributed by atoms with van der Waals surface area (Å²) < 4.78 is 1.28. The van der Waals surface area contributed by atoms with Crippen LogP contribution in [0.15, 0.2) is 24.3 Å². The fourth-order valence-corrected chi connectivity index (χ4v) is 2.41. The number of thiazole rings is 1. The van der Waals surface area contributed by atoms with Crippen molar-refractivity contribution in [2.24, 2.45) is 0 Å². The largest absolute Gasteiger partial charge is 0.297 e. The molecule has 2 aromatic rings. The Morgan fingerprint density at radius 2 is 2.07 bits per heavy atom. The van der Waals surface area contributed by atoms with Crippen LogP contribution in [0, 0.1) is 0 Å². The molecule has 80 valence electrons. The quantitative estimate of drug-likeness (QED) is 0.790. The highest BCUT2D eigenvalue weighted by atomic mass is 32.1. The Morgan fingerprint density at radius 3 is 2.73 bits per heavy atom. The van der Waals surface area contributed by atoms with Crippen molar-refractivity contribution in [1.82, 2.24) is 9.88 Å². The fraction of sp³-hybridized carbons (Fsp3) is 0.417. The van der Waals surface area contributed by atoms with Gasteiger partial charge >= 0.3 is 0 Å². The van der Waals surface area contributed by atoms with Gasteiger partial charge in [0.1, 0.15) is 5.01 Å². The topological polar surface area (TPSA) is 16.1 Å². The third-order valence-electron chi connectivity index (χ3n) is 2.60. The van der Waals surface area contributed by atoms with Gasteiger partial charge in [-0.2, -0.15) is 0 Å². The highest BCUT2D eigenvalue weighted by Crippen LogP contribution is 2.22. The molecule has 0 atom stereocenters. The molecular weight excluding hydrogens is 204 g/mol. The third-order valence-corrected chi connectivity index (χ3v) is 3.63. The van der Waals surface area contributed by atoms with Crippen molar-refractivity contribution in [3.05, 3.63) is 29.3 Å². The van der Waals surface area contributed by atoms with E-state index in [2.05, 4.69) is 49.0 Å². The van der Waals surface area contributed by atoms with Gasteiger partial charge in [-0.25, -0.2) is 4.98 Å². The van der Waals surface area contributed by atoms with Gasteiger partial charge in [0.05, 0.1) is 16.8 Å². The monoisotopic (exact) mass is 220 g/mol. The van der Waals surface area contributed by atoms with Crippen LogP contribution in [-0.4, -0.2) is 23.0 Å². The van der Waals surface area contributed by atoms with Gasteiger partial charge in [0.2, 0.25) is 0 Å². The van der Waals surface area contributed by atoms with Crippen LogP contribution in [0.4, 0.5) is 0 Å². The zero-order valence-electron chi connectivity index (χ0n) is 9.40. The SMILES string of the molecule is CC(C)N(C)Cc1nc2ccccc2s1. The van der Waals surface area contributed by atoms with Gasteiger partial charge in [-0.1, -0.05) is 12.1 Å². The molecule has 0 fully saturated rings. The van der Waals surface area contributed by atoms with Crippen molar-refractivity contribution in [2.45, 2.75) is 26.4 Å². The molecule has 0 amide bonds. The van der Waals surface area contributed by atoms with Crippen molar-refractivity contribution in [3.8, 4) is 0 Å². The molecule has 0 saturated carbocycles. The van der Waals surface area contributed by atoms with Crippen LogP contribution < -0.4 is 0 Å². The first-order valence-corrected chi connectivity index (χ1v) is 6.03. The number of aromatic nitrogens is 1. The van der Waals surface area contributed by atoms with Gasteiger partial charge in [-0.15, -0.1) is 11.3 Å². The Morgan fingerprint density at radius 1 is 1.33 bits per heavy atom. The van der Waals surface area contributed by atoms with Gasteiger partial charge in [0, 0.05) is 6.04 Å². The number of hydrogen-bond donors (Lipinski definition) is 0. The summed E-state index contributed by atoms with van der Waals surface area (Å²) in [5, 5.41) is 1.20. The normalized spacial score (nSPS) is 11.8. The molecule has 1 aromatic carbocycles. The molecule has 0 unspecified atom stereocenters. The van der Waals surface area contributed by atoms with Gasteiger partial charge in [-0.05, 0) is 33.0 Å². The number of benzene rings is 1. The molecule has 0 aliphatic heterocycles. The van der Waals surface area contributed by atoms with Gasteiger partial charge < -0.3 is 0 Å². The minimum atomic E-state index is 0.567. The maximum Gasteiger partial charge on any atom is 0.108 e. The Labute approximate surface area is 94.6 Å². The second-order valence-electron chi connectivity index (χ2n) is 4.08. The number of para-hydroxylation sites is 1. The standard InChI is InChI=1S/C12H16N2S/c1-9(2)14(3)8-12-13-10-6-4-5-7-11(10)15-12/h4-7,9H,8H2,1-3H3. The molecule has 0 saturated heterocycles. The predicted molar refractivity (Wildman–Crippen MR) is 66.2 cm³/mol. The molecule has 0 radical (unpaired) electrons. The van der Waals surface area contributed by atoms with Crippen LogP contribution >= 0.6 is 11.3 Å². The highest BCUT2D eigenvalue weighted by Gasteiger charge is 2.08. The molecule has 1 aromatic heterocycles. The number of fused-ring (bicyclic) bond motifs is 1. The molecule has 3 heteroatoms. The summed E-state index contributed by atoms with van der Waals surface area (Å²) in [6, 6.07) is 8.88. The van der Waals surface area contributed by atoms with Crippen LogP contribution in [0.2, 0.25) is 0 Å². The van der Waals surface area contributed by atoms with E-state index in [9.17, 15) is 0 Å². The van der Waals surface area contributed by atoms with Gasteiger partial charge in [0.15, 0.2) is 0 Å². The van der Waals surface area contributed by atoms with Crippen molar-refractivity contribution >= 4 is 21.6 Å². The first kappa shape index (κ1) is 10.6. The van der Waals surface area contributed by atoms with E-state index >= 15 is 0 Å². The summed E-state index contributed by atoms with van der Waals surface area (Å²) in [7, 11) is 2.14. The van der Waals surface area contributed by atoms with E-state index in [1.165, 1.54) is 9.71 Å². The summed E-state index contributed by atoms with van der Waals surface area (Å²) in [4.78, 5) is 6.92. The van der Waals surface area contributed by atoms with E-state index in [0.29, 0.717) is 6.04 Å². The predicted octanol–water partition coefficient (Wildman–Crippen LogP) is 3.14. The van der Waals surface area contributed by atoms with E-state index in [0.717, 1.165) is 12.1 Å². The lowest BCUT2D eigenvalue weighted by molar-refractivity contribution is 0.265. The molecular formula is C12H16N2S. The lowest BCUT2D eigenvalue weighted by atomic mass is 10.3.